The Hall–Kier alpha value is -2.74. The largest absolute Gasteiger partial charge is 0.345 e. The van der Waals surface area contributed by atoms with Crippen molar-refractivity contribution in [1.29, 1.82) is 0 Å². The van der Waals surface area contributed by atoms with Gasteiger partial charge in [0.25, 0.3) is 5.56 Å². The third-order valence-corrected chi connectivity index (χ3v) is 6.00. The summed E-state index contributed by atoms with van der Waals surface area (Å²) in [6.45, 7) is 6.38. The van der Waals surface area contributed by atoms with Crippen molar-refractivity contribution in [3.63, 3.8) is 0 Å². The fraction of sp³-hybridized carbons (Fsp3) is 0.368. The molecule has 0 radical (unpaired) electrons. The van der Waals surface area contributed by atoms with Gasteiger partial charge in [0.1, 0.15) is 6.54 Å². The summed E-state index contributed by atoms with van der Waals surface area (Å²) >= 11 is 1.68. The van der Waals surface area contributed by atoms with Crippen molar-refractivity contribution in [2.75, 3.05) is 31.1 Å². The first kappa shape index (κ1) is 17.7. The molecule has 0 spiro atoms. The van der Waals surface area contributed by atoms with E-state index in [1.54, 1.807) is 16.2 Å². The molecule has 1 saturated heterocycles. The zero-order valence-corrected chi connectivity index (χ0v) is 16.2. The molecule has 1 aliphatic heterocycles. The number of carbonyl (C=O) groups is 1. The van der Waals surface area contributed by atoms with E-state index in [2.05, 4.69) is 21.0 Å². The third kappa shape index (κ3) is 3.57. The first-order valence-corrected chi connectivity index (χ1v) is 9.76. The first-order chi connectivity index (χ1) is 13.0. The Morgan fingerprint density at radius 3 is 2.63 bits per heavy atom. The van der Waals surface area contributed by atoms with Crippen LogP contribution in [0, 0.1) is 13.8 Å². The Morgan fingerprint density at radius 2 is 1.89 bits per heavy atom. The van der Waals surface area contributed by atoms with Crippen LogP contribution in [0.3, 0.4) is 0 Å². The minimum atomic E-state index is -0.237. The Balaban J connectivity index is 1.40. The summed E-state index contributed by atoms with van der Waals surface area (Å²) < 4.78 is 2.43. The average Bonchev–Trinajstić information content (AvgIpc) is 3.10. The summed E-state index contributed by atoms with van der Waals surface area (Å²) in [6, 6.07) is 9.63. The lowest BCUT2D eigenvalue weighted by Crippen LogP contribution is -2.50. The zero-order chi connectivity index (χ0) is 19.0. The molecule has 8 heteroatoms. The van der Waals surface area contributed by atoms with Crippen molar-refractivity contribution < 1.29 is 4.79 Å². The van der Waals surface area contributed by atoms with Gasteiger partial charge in [-0.25, -0.2) is 9.67 Å². The van der Waals surface area contributed by atoms with Crippen LogP contribution in [0.2, 0.25) is 0 Å². The maximum absolute atomic E-state index is 12.6. The van der Waals surface area contributed by atoms with E-state index < -0.39 is 0 Å². The van der Waals surface area contributed by atoms with E-state index in [4.69, 9.17) is 0 Å². The Labute approximate surface area is 160 Å². The van der Waals surface area contributed by atoms with Gasteiger partial charge in [-0.2, -0.15) is 5.10 Å². The molecule has 0 atom stereocenters. The van der Waals surface area contributed by atoms with Crippen LogP contribution in [0.5, 0.6) is 0 Å². The van der Waals surface area contributed by atoms with Gasteiger partial charge in [0.15, 0.2) is 5.13 Å². The second kappa shape index (κ2) is 7.11. The molecular formula is C19H21N5O2S. The van der Waals surface area contributed by atoms with E-state index in [0.717, 1.165) is 35.0 Å². The minimum Gasteiger partial charge on any atom is -0.345 e. The molecule has 0 unspecified atom stereocenters. The molecule has 2 aromatic heterocycles. The molecule has 0 N–H and O–H groups in total. The highest BCUT2D eigenvalue weighted by Crippen LogP contribution is 2.29. The number of thiazole rings is 1. The summed E-state index contributed by atoms with van der Waals surface area (Å²) in [5.74, 6) is -0.0724. The number of piperazine rings is 1. The number of benzene rings is 1. The second-order valence-corrected chi connectivity index (χ2v) is 7.75. The second-order valence-electron chi connectivity index (χ2n) is 6.74. The normalized spacial score (nSPS) is 14.7. The summed E-state index contributed by atoms with van der Waals surface area (Å²) in [4.78, 5) is 33.3. The topological polar surface area (TPSA) is 71.3 Å². The maximum atomic E-state index is 12.6. The number of fused-ring (bicyclic) bond motifs is 1. The van der Waals surface area contributed by atoms with Crippen LogP contribution in [0.4, 0.5) is 5.13 Å². The van der Waals surface area contributed by atoms with Gasteiger partial charge in [-0.1, -0.05) is 23.5 Å². The third-order valence-electron chi connectivity index (χ3n) is 4.91. The lowest BCUT2D eigenvalue weighted by atomic mass is 10.2. The van der Waals surface area contributed by atoms with Crippen LogP contribution in [0.15, 0.2) is 35.1 Å². The van der Waals surface area contributed by atoms with Crippen molar-refractivity contribution in [1.82, 2.24) is 19.7 Å². The molecule has 27 heavy (non-hydrogen) atoms. The number of nitrogens with zero attached hydrogens (tertiary/aromatic N) is 5. The van der Waals surface area contributed by atoms with Crippen LogP contribution < -0.4 is 10.5 Å². The SMILES string of the molecule is Cc1cc(=O)n(CC(=O)N2CCN(c3nc4ccccc4s3)CC2)nc1C. The summed E-state index contributed by atoms with van der Waals surface area (Å²) in [6.07, 6.45) is 0. The van der Waals surface area contributed by atoms with Crippen molar-refractivity contribution in [2.45, 2.75) is 20.4 Å². The number of hydrogen-bond donors (Lipinski definition) is 0. The molecule has 3 heterocycles. The lowest BCUT2D eigenvalue weighted by molar-refractivity contribution is -0.132. The summed E-state index contributed by atoms with van der Waals surface area (Å²) in [5, 5.41) is 5.23. The van der Waals surface area contributed by atoms with Crippen LogP contribution in [0.1, 0.15) is 11.3 Å². The van der Waals surface area contributed by atoms with Crippen LogP contribution in [0.25, 0.3) is 10.2 Å². The minimum absolute atomic E-state index is 0.0128. The Bertz CT molecular complexity index is 1020. The summed E-state index contributed by atoms with van der Waals surface area (Å²) in [5.41, 5.74) is 2.38. The standard InChI is InChI=1S/C19H21N5O2S/c1-13-11-17(25)24(21-14(13)2)12-18(26)22-7-9-23(10-8-22)19-20-15-5-3-4-6-16(15)27-19/h3-6,11H,7-10,12H2,1-2H3. The zero-order valence-electron chi connectivity index (χ0n) is 15.4. The number of amides is 1. The molecular weight excluding hydrogens is 362 g/mol. The van der Waals surface area contributed by atoms with E-state index in [1.807, 2.05) is 32.0 Å². The molecule has 7 nitrogen and oxygen atoms in total. The first-order valence-electron chi connectivity index (χ1n) is 8.95. The van der Waals surface area contributed by atoms with Crippen molar-refractivity contribution in [3.8, 4) is 0 Å². The number of rotatable bonds is 3. The molecule has 3 aromatic rings. The highest BCUT2D eigenvalue weighted by molar-refractivity contribution is 7.22. The van der Waals surface area contributed by atoms with Gasteiger partial charge < -0.3 is 9.80 Å². The predicted octanol–water partition coefficient (Wildman–Crippen LogP) is 1.82. The van der Waals surface area contributed by atoms with Crippen LogP contribution in [-0.4, -0.2) is 51.8 Å². The number of aromatic nitrogens is 3. The quantitative estimate of drug-likeness (QED) is 0.690. The van der Waals surface area contributed by atoms with E-state index in [1.165, 1.54) is 15.4 Å². The smallest absolute Gasteiger partial charge is 0.267 e. The molecule has 1 aromatic carbocycles. The maximum Gasteiger partial charge on any atom is 0.267 e. The fourth-order valence-electron chi connectivity index (χ4n) is 3.16. The number of carbonyl (C=O) groups excluding carboxylic acids is 1. The number of anilines is 1. The van der Waals surface area contributed by atoms with Gasteiger partial charge in [-0.15, -0.1) is 0 Å². The Morgan fingerprint density at radius 1 is 1.15 bits per heavy atom. The Kier molecular flexibility index (Phi) is 4.65. The van der Waals surface area contributed by atoms with Gasteiger partial charge in [-0.05, 0) is 31.5 Å². The molecule has 1 amide bonds. The van der Waals surface area contributed by atoms with Crippen LogP contribution >= 0.6 is 11.3 Å². The molecule has 0 saturated carbocycles. The van der Waals surface area contributed by atoms with Gasteiger partial charge in [-0.3, -0.25) is 9.59 Å². The van der Waals surface area contributed by atoms with Crippen molar-refractivity contribution >= 4 is 32.6 Å². The van der Waals surface area contributed by atoms with E-state index in [0.29, 0.717) is 13.1 Å². The highest BCUT2D eigenvalue weighted by atomic mass is 32.1. The van der Waals surface area contributed by atoms with Gasteiger partial charge >= 0.3 is 0 Å². The molecule has 0 aliphatic carbocycles. The van der Waals surface area contributed by atoms with Crippen molar-refractivity contribution in [3.05, 3.63) is 51.9 Å². The molecule has 0 bridgehead atoms. The van der Waals surface area contributed by atoms with Crippen molar-refractivity contribution in [2.24, 2.45) is 0 Å². The molecule has 4 rings (SSSR count). The highest BCUT2D eigenvalue weighted by Gasteiger charge is 2.23. The monoisotopic (exact) mass is 383 g/mol. The number of para-hydroxylation sites is 1. The lowest BCUT2D eigenvalue weighted by Gasteiger charge is -2.34. The van der Waals surface area contributed by atoms with Gasteiger partial charge in [0.05, 0.1) is 15.9 Å². The molecule has 1 aliphatic rings. The average molecular weight is 383 g/mol. The summed E-state index contributed by atoms with van der Waals surface area (Å²) in [7, 11) is 0. The van der Waals surface area contributed by atoms with E-state index in [-0.39, 0.29) is 18.0 Å². The number of hydrogen-bond acceptors (Lipinski definition) is 6. The molecule has 1 fully saturated rings. The predicted molar refractivity (Wildman–Crippen MR) is 106 cm³/mol. The van der Waals surface area contributed by atoms with Gasteiger partial charge in [0.2, 0.25) is 5.91 Å². The van der Waals surface area contributed by atoms with Gasteiger partial charge in [0, 0.05) is 32.2 Å². The van der Waals surface area contributed by atoms with Crippen LogP contribution in [-0.2, 0) is 11.3 Å². The van der Waals surface area contributed by atoms with E-state index in [9.17, 15) is 9.59 Å². The van der Waals surface area contributed by atoms with E-state index >= 15 is 0 Å². The fourth-order valence-corrected chi connectivity index (χ4v) is 4.17. The number of aryl methyl sites for hydroxylation is 2. The molecule has 140 valence electrons.